The van der Waals surface area contributed by atoms with E-state index in [1.54, 1.807) is 0 Å². The highest BCUT2D eigenvalue weighted by atomic mass is 79.9. The fourth-order valence-electron chi connectivity index (χ4n) is 1.93. The van der Waals surface area contributed by atoms with Crippen molar-refractivity contribution < 1.29 is 4.74 Å². The zero-order valence-corrected chi connectivity index (χ0v) is 13.9. The van der Waals surface area contributed by atoms with Gasteiger partial charge in [0.05, 0.1) is 10.2 Å². The third-order valence-corrected chi connectivity index (χ3v) is 3.66. The summed E-state index contributed by atoms with van der Waals surface area (Å²) in [5.74, 6) is 1.66. The van der Waals surface area contributed by atoms with Crippen LogP contribution in [0.15, 0.2) is 4.47 Å². The third kappa shape index (κ3) is 4.42. The second-order valence-electron chi connectivity index (χ2n) is 4.31. The van der Waals surface area contributed by atoms with Gasteiger partial charge in [0.2, 0.25) is 0 Å². The van der Waals surface area contributed by atoms with Crippen molar-refractivity contribution in [2.75, 3.05) is 18.5 Å². The largest absolute Gasteiger partial charge is 0.371 e. The molecule has 1 aromatic heterocycles. The van der Waals surface area contributed by atoms with E-state index in [0.29, 0.717) is 6.61 Å². The summed E-state index contributed by atoms with van der Waals surface area (Å²) in [6.07, 6.45) is 2.87. The summed E-state index contributed by atoms with van der Waals surface area (Å²) in [6.45, 7) is 9.84. The molecular formula is C14H24BrN3O. The molecule has 1 heterocycles. The van der Waals surface area contributed by atoms with Gasteiger partial charge in [0.25, 0.3) is 0 Å². The van der Waals surface area contributed by atoms with Crippen molar-refractivity contribution in [3.05, 3.63) is 16.0 Å². The lowest BCUT2D eigenvalue weighted by atomic mass is 10.2. The number of halogens is 1. The van der Waals surface area contributed by atoms with E-state index < -0.39 is 0 Å². The highest BCUT2D eigenvalue weighted by molar-refractivity contribution is 9.10. The lowest BCUT2D eigenvalue weighted by molar-refractivity contribution is 0.0493. The molecule has 1 aromatic rings. The Morgan fingerprint density at radius 2 is 1.95 bits per heavy atom. The second-order valence-corrected chi connectivity index (χ2v) is 5.10. The molecule has 0 saturated carbocycles. The van der Waals surface area contributed by atoms with Crippen molar-refractivity contribution in [1.29, 1.82) is 0 Å². The van der Waals surface area contributed by atoms with Crippen LogP contribution in [0.25, 0.3) is 0 Å². The van der Waals surface area contributed by atoms with E-state index in [1.807, 2.05) is 6.92 Å². The van der Waals surface area contributed by atoms with Crippen LogP contribution in [0.4, 0.5) is 5.82 Å². The molecule has 1 N–H and O–H groups in total. The molecule has 0 aliphatic rings. The molecular weight excluding hydrogens is 306 g/mol. The maximum absolute atomic E-state index is 5.77. The molecule has 4 nitrogen and oxygen atoms in total. The Bertz CT molecular complexity index is 393. The molecule has 0 spiro atoms. The van der Waals surface area contributed by atoms with Gasteiger partial charge in [-0.15, -0.1) is 0 Å². The SMILES string of the molecule is CCCC(OCC)c1nc(CC)c(Br)c(NCC)n1. The van der Waals surface area contributed by atoms with E-state index in [1.165, 1.54) is 0 Å². The van der Waals surface area contributed by atoms with Crippen molar-refractivity contribution in [2.45, 2.75) is 53.1 Å². The van der Waals surface area contributed by atoms with Crippen LogP contribution in [-0.4, -0.2) is 23.1 Å². The molecule has 0 bridgehead atoms. The number of aromatic nitrogens is 2. The molecule has 0 radical (unpaired) electrons. The standard InChI is InChI=1S/C14H24BrN3O/c1-5-9-11(19-8-4)13-17-10(6-2)12(15)14(18-13)16-7-3/h11H,5-9H2,1-4H3,(H,16,17,18). The molecule has 0 aromatic carbocycles. The first kappa shape index (κ1) is 16.4. The Morgan fingerprint density at radius 3 is 2.47 bits per heavy atom. The zero-order valence-electron chi connectivity index (χ0n) is 12.3. The Hall–Kier alpha value is -0.680. The number of anilines is 1. The van der Waals surface area contributed by atoms with Gasteiger partial charge in [0.15, 0.2) is 5.82 Å². The lowest BCUT2D eigenvalue weighted by Gasteiger charge is -2.18. The van der Waals surface area contributed by atoms with Crippen LogP contribution in [0.3, 0.4) is 0 Å². The normalized spacial score (nSPS) is 12.5. The van der Waals surface area contributed by atoms with Gasteiger partial charge in [-0.1, -0.05) is 20.3 Å². The van der Waals surface area contributed by atoms with Gasteiger partial charge in [0, 0.05) is 13.2 Å². The monoisotopic (exact) mass is 329 g/mol. The number of nitrogens with zero attached hydrogens (tertiary/aromatic N) is 2. The fraction of sp³-hybridized carbons (Fsp3) is 0.714. The van der Waals surface area contributed by atoms with Crippen LogP contribution in [0.2, 0.25) is 0 Å². The number of aryl methyl sites for hydroxylation is 1. The highest BCUT2D eigenvalue weighted by Crippen LogP contribution is 2.28. The Labute approximate surface area is 124 Å². The van der Waals surface area contributed by atoms with Gasteiger partial charge in [-0.3, -0.25) is 0 Å². The second kappa shape index (κ2) is 8.48. The van der Waals surface area contributed by atoms with Crippen molar-refractivity contribution in [3.8, 4) is 0 Å². The van der Waals surface area contributed by atoms with Gasteiger partial charge in [-0.05, 0) is 42.6 Å². The predicted molar refractivity (Wildman–Crippen MR) is 82.5 cm³/mol. The molecule has 1 unspecified atom stereocenters. The van der Waals surface area contributed by atoms with Crippen LogP contribution in [0, 0.1) is 0 Å². The summed E-state index contributed by atoms with van der Waals surface area (Å²) in [7, 11) is 0. The van der Waals surface area contributed by atoms with Crippen LogP contribution >= 0.6 is 15.9 Å². The first-order chi connectivity index (χ1) is 9.17. The van der Waals surface area contributed by atoms with Gasteiger partial charge < -0.3 is 10.1 Å². The summed E-state index contributed by atoms with van der Waals surface area (Å²) >= 11 is 3.58. The maximum Gasteiger partial charge on any atom is 0.159 e. The fourth-order valence-corrected chi connectivity index (χ4v) is 2.52. The third-order valence-electron chi connectivity index (χ3n) is 2.82. The molecule has 19 heavy (non-hydrogen) atoms. The van der Waals surface area contributed by atoms with Gasteiger partial charge >= 0.3 is 0 Å². The van der Waals surface area contributed by atoms with E-state index in [9.17, 15) is 0 Å². The minimum Gasteiger partial charge on any atom is -0.371 e. The molecule has 0 fully saturated rings. The number of rotatable bonds is 8. The van der Waals surface area contributed by atoms with Crippen LogP contribution in [-0.2, 0) is 11.2 Å². The summed E-state index contributed by atoms with van der Waals surface area (Å²) in [4.78, 5) is 9.26. The molecule has 0 aliphatic carbocycles. The topological polar surface area (TPSA) is 47.0 Å². The molecule has 5 heteroatoms. The highest BCUT2D eigenvalue weighted by Gasteiger charge is 2.18. The van der Waals surface area contributed by atoms with Crippen LogP contribution in [0.1, 0.15) is 58.2 Å². The van der Waals surface area contributed by atoms with Crippen LogP contribution < -0.4 is 5.32 Å². The van der Waals surface area contributed by atoms with Gasteiger partial charge in [-0.25, -0.2) is 9.97 Å². The first-order valence-corrected chi connectivity index (χ1v) is 7.88. The maximum atomic E-state index is 5.77. The molecule has 0 saturated heterocycles. The molecule has 1 atom stereocenters. The average molecular weight is 330 g/mol. The Morgan fingerprint density at radius 1 is 1.21 bits per heavy atom. The summed E-state index contributed by atoms with van der Waals surface area (Å²) in [5, 5.41) is 3.28. The number of nitrogens with one attached hydrogen (secondary N) is 1. The molecule has 1 rings (SSSR count). The van der Waals surface area contributed by atoms with E-state index >= 15 is 0 Å². The smallest absolute Gasteiger partial charge is 0.159 e. The van der Waals surface area contributed by atoms with E-state index in [2.05, 4.69) is 52.0 Å². The number of ether oxygens (including phenoxy) is 1. The first-order valence-electron chi connectivity index (χ1n) is 7.09. The molecule has 0 aliphatic heterocycles. The van der Waals surface area contributed by atoms with Crippen molar-refractivity contribution >= 4 is 21.7 Å². The van der Waals surface area contributed by atoms with Crippen LogP contribution in [0.5, 0.6) is 0 Å². The molecule has 0 amide bonds. The van der Waals surface area contributed by atoms with Crippen molar-refractivity contribution in [2.24, 2.45) is 0 Å². The number of hydrogen-bond acceptors (Lipinski definition) is 4. The van der Waals surface area contributed by atoms with Crippen molar-refractivity contribution in [3.63, 3.8) is 0 Å². The Balaban J connectivity index is 3.13. The lowest BCUT2D eigenvalue weighted by Crippen LogP contribution is -2.13. The van der Waals surface area contributed by atoms with E-state index in [-0.39, 0.29) is 6.10 Å². The van der Waals surface area contributed by atoms with Gasteiger partial charge in [-0.2, -0.15) is 0 Å². The minimum atomic E-state index is -0.00851. The summed E-state index contributed by atoms with van der Waals surface area (Å²) in [6, 6.07) is 0. The quantitative estimate of drug-likeness (QED) is 0.779. The number of hydrogen-bond donors (Lipinski definition) is 1. The summed E-state index contributed by atoms with van der Waals surface area (Å²) in [5.41, 5.74) is 1.03. The summed E-state index contributed by atoms with van der Waals surface area (Å²) < 4.78 is 6.74. The molecule has 108 valence electrons. The van der Waals surface area contributed by atoms with Crippen molar-refractivity contribution in [1.82, 2.24) is 9.97 Å². The Kier molecular flexibility index (Phi) is 7.31. The zero-order chi connectivity index (χ0) is 14.3. The van der Waals surface area contributed by atoms with E-state index in [0.717, 1.165) is 47.6 Å². The van der Waals surface area contributed by atoms with E-state index in [4.69, 9.17) is 4.74 Å². The van der Waals surface area contributed by atoms with Gasteiger partial charge in [0.1, 0.15) is 11.9 Å². The average Bonchev–Trinajstić information content (AvgIpc) is 2.41. The minimum absolute atomic E-state index is 0.00851. The predicted octanol–water partition coefficient (Wildman–Crippen LogP) is 4.11.